The lowest BCUT2D eigenvalue weighted by Crippen LogP contribution is -2.00. The number of hydrogen-bond donors (Lipinski definition) is 0. The van der Waals surface area contributed by atoms with Gasteiger partial charge in [-0.2, -0.15) is 0 Å². The molecule has 0 N–H and O–H groups in total. The van der Waals surface area contributed by atoms with Crippen molar-refractivity contribution in [3.63, 3.8) is 0 Å². The Morgan fingerprint density at radius 1 is 0.246 bits per heavy atom. The summed E-state index contributed by atoms with van der Waals surface area (Å²) in [6.07, 6.45) is 0. The van der Waals surface area contributed by atoms with E-state index >= 15 is 0 Å². The first-order valence-corrected chi connectivity index (χ1v) is 21.7. The fraction of sp³-hybridized carbons (Fsp3) is 0. The molecular formula is C58H39N7. The molecule has 0 atom stereocenters. The minimum Gasteiger partial charge on any atom is -0.309 e. The van der Waals surface area contributed by atoms with Gasteiger partial charge in [-0.1, -0.05) is 194 Å². The molecule has 0 aliphatic carbocycles. The van der Waals surface area contributed by atoms with E-state index in [2.05, 4.69) is 177 Å². The molecule has 3 aromatic heterocycles. The van der Waals surface area contributed by atoms with Gasteiger partial charge in [0.05, 0.1) is 11.0 Å². The Kier molecular flexibility index (Phi) is 9.34. The molecule has 7 heteroatoms. The van der Waals surface area contributed by atoms with Gasteiger partial charge in [0.1, 0.15) is 0 Å². The van der Waals surface area contributed by atoms with Gasteiger partial charge in [-0.3, -0.25) is 9.13 Å². The molecule has 12 aromatic rings. The van der Waals surface area contributed by atoms with E-state index in [0.29, 0.717) is 0 Å². The van der Waals surface area contributed by atoms with Crippen LogP contribution in [0.1, 0.15) is 0 Å². The summed E-state index contributed by atoms with van der Waals surface area (Å²) in [6, 6.07) is 82.6. The van der Waals surface area contributed by atoms with Gasteiger partial charge in [0, 0.05) is 55.7 Å². The maximum Gasteiger partial charge on any atom is 0.168 e. The number of rotatable bonds is 9. The van der Waals surface area contributed by atoms with Crippen LogP contribution < -0.4 is 0 Å². The highest BCUT2D eigenvalue weighted by atomic mass is 15.3. The molecule has 9 aromatic carbocycles. The first-order valence-electron chi connectivity index (χ1n) is 21.7. The van der Waals surface area contributed by atoms with Gasteiger partial charge in [0.2, 0.25) is 0 Å². The monoisotopic (exact) mass is 833 g/mol. The van der Waals surface area contributed by atoms with Gasteiger partial charge in [0.15, 0.2) is 23.3 Å². The highest BCUT2D eigenvalue weighted by molar-refractivity contribution is 6.16. The van der Waals surface area contributed by atoms with Crippen molar-refractivity contribution in [3.8, 4) is 84.9 Å². The molecule has 0 radical (unpaired) electrons. The van der Waals surface area contributed by atoms with Crippen molar-refractivity contribution < 1.29 is 0 Å². The zero-order chi connectivity index (χ0) is 43.1. The minimum absolute atomic E-state index is 0.771. The smallest absolute Gasteiger partial charge is 0.168 e. The summed E-state index contributed by atoms with van der Waals surface area (Å²) in [5, 5.41) is 21.5. The summed E-state index contributed by atoms with van der Waals surface area (Å²) in [4.78, 5) is 0. The molecule has 7 nitrogen and oxygen atoms in total. The van der Waals surface area contributed by atoms with Gasteiger partial charge >= 0.3 is 0 Å². The molecular weight excluding hydrogens is 795 g/mol. The van der Waals surface area contributed by atoms with Gasteiger partial charge in [-0.05, 0) is 59.2 Å². The standard InChI is InChI=1S/C58H39N7/c1-6-18-42(19-7-1)55-59-61-57(64(55)47-24-12-4-13-25-47)44-34-30-40(31-35-44)49-38-39-51-50-28-16-17-29-52(50)63(46-22-10-3-11-23-46)54(51)53(49)41-32-36-45(37-33-41)58-62-60-56(43-20-8-2-9-21-43)65(58)48-26-14-5-15-27-48/h1-39H. The quantitative estimate of drug-likeness (QED) is 0.145. The minimum atomic E-state index is 0.771. The van der Waals surface area contributed by atoms with Crippen molar-refractivity contribution in [2.75, 3.05) is 0 Å². The van der Waals surface area contributed by atoms with E-state index < -0.39 is 0 Å². The Hall–Kier alpha value is -8.94. The summed E-state index contributed by atoms with van der Waals surface area (Å²) in [7, 11) is 0. The van der Waals surface area contributed by atoms with E-state index in [4.69, 9.17) is 20.4 Å². The molecule has 0 bridgehead atoms. The van der Waals surface area contributed by atoms with Crippen molar-refractivity contribution in [2.24, 2.45) is 0 Å². The SMILES string of the molecule is c1ccc(-c2nnc(-c3ccc(-c4ccc5c6ccccc6n(-c6ccccc6)c5c4-c4ccc(-c5nnc(-c6ccccc6)n5-c5ccccc5)cc4)cc3)n2-c2ccccc2)cc1. The number of benzene rings is 9. The summed E-state index contributed by atoms with van der Waals surface area (Å²) in [6.45, 7) is 0. The highest BCUT2D eigenvalue weighted by Crippen LogP contribution is 2.44. The Balaban J connectivity index is 1.04. The zero-order valence-corrected chi connectivity index (χ0v) is 35.1. The van der Waals surface area contributed by atoms with E-state index in [0.717, 1.165) is 95.9 Å². The number of nitrogens with zero attached hydrogens (tertiary/aromatic N) is 7. The summed E-state index contributed by atoms with van der Waals surface area (Å²) >= 11 is 0. The molecule has 12 rings (SSSR count). The third-order valence-corrected chi connectivity index (χ3v) is 12.2. The average molecular weight is 834 g/mol. The van der Waals surface area contributed by atoms with Crippen molar-refractivity contribution in [1.29, 1.82) is 0 Å². The molecule has 0 fully saturated rings. The number of aromatic nitrogens is 7. The van der Waals surface area contributed by atoms with Crippen molar-refractivity contribution in [1.82, 2.24) is 34.1 Å². The average Bonchev–Trinajstić information content (AvgIpc) is 4.13. The van der Waals surface area contributed by atoms with Crippen LogP contribution in [-0.2, 0) is 0 Å². The third-order valence-electron chi connectivity index (χ3n) is 12.2. The van der Waals surface area contributed by atoms with Crippen molar-refractivity contribution in [3.05, 3.63) is 237 Å². The van der Waals surface area contributed by atoms with Crippen LogP contribution in [0.3, 0.4) is 0 Å². The van der Waals surface area contributed by atoms with Crippen LogP contribution in [0, 0.1) is 0 Å². The molecule has 306 valence electrons. The molecule has 0 saturated heterocycles. The summed E-state index contributed by atoms with van der Waals surface area (Å²) in [5.74, 6) is 3.12. The second-order valence-electron chi connectivity index (χ2n) is 16.0. The Morgan fingerprint density at radius 2 is 0.600 bits per heavy atom. The van der Waals surface area contributed by atoms with Gasteiger partial charge in [0.25, 0.3) is 0 Å². The van der Waals surface area contributed by atoms with Crippen LogP contribution in [0.2, 0.25) is 0 Å². The molecule has 0 unspecified atom stereocenters. The molecule has 0 amide bonds. The van der Waals surface area contributed by atoms with Crippen LogP contribution in [0.4, 0.5) is 0 Å². The second-order valence-corrected chi connectivity index (χ2v) is 16.0. The fourth-order valence-electron chi connectivity index (χ4n) is 9.15. The van der Waals surface area contributed by atoms with Gasteiger partial charge < -0.3 is 4.57 Å². The Labute approximate surface area is 375 Å². The predicted octanol–water partition coefficient (Wildman–Crippen LogP) is 13.9. The topological polar surface area (TPSA) is 66.3 Å². The lowest BCUT2D eigenvalue weighted by atomic mass is 9.91. The van der Waals surface area contributed by atoms with Crippen LogP contribution in [0.25, 0.3) is 107 Å². The Bertz CT molecular complexity index is 3600. The largest absolute Gasteiger partial charge is 0.309 e. The predicted molar refractivity (Wildman–Crippen MR) is 263 cm³/mol. The molecule has 0 aliphatic rings. The number of para-hydroxylation sites is 4. The summed E-state index contributed by atoms with van der Waals surface area (Å²) in [5.41, 5.74) is 13.7. The maximum atomic E-state index is 4.81. The van der Waals surface area contributed by atoms with Crippen molar-refractivity contribution in [2.45, 2.75) is 0 Å². The van der Waals surface area contributed by atoms with Gasteiger partial charge in [-0.25, -0.2) is 0 Å². The van der Waals surface area contributed by atoms with Crippen LogP contribution in [-0.4, -0.2) is 34.1 Å². The van der Waals surface area contributed by atoms with E-state index in [1.165, 1.54) is 10.8 Å². The van der Waals surface area contributed by atoms with E-state index in [-0.39, 0.29) is 0 Å². The number of fused-ring (bicyclic) bond motifs is 3. The fourth-order valence-corrected chi connectivity index (χ4v) is 9.15. The maximum absolute atomic E-state index is 4.81. The third kappa shape index (κ3) is 6.62. The normalized spacial score (nSPS) is 11.4. The molecule has 65 heavy (non-hydrogen) atoms. The van der Waals surface area contributed by atoms with Gasteiger partial charge in [-0.15, -0.1) is 20.4 Å². The van der Waals surface area contributed by atoms with E-state index in [9.17, 15) is 0 Å². The highest BCUT2D eigenvalue weighted by Gasteiger charge is 2.23. The molecule has 0 saturated carbocycles. The zero-order valence-electron chi connectivity index (χ0n) is 35.1. The van der Waals surface area contributed by atoms with E-state index in [1.54, 1.807) is 0 Å². The summed E-state index contributed by atoms with van der Waals surface area (Å²) < 4.78 is 6.70. The first-order chi connectivity index (χ1) is 32.3. The number of hydrogen-bond acceptors (Lipinski definition) is 4. The molecule has 0 spiro atoms. The van der Waals surface area contributed by atoms with Crippen LogP contribution in [0.5, 0.6) is 0 Å². The molecule has 0 aliphatic heterocycles. The Morgan fingerprint density at radius 3 is 1.06 bits per heavy atom. The van der Waals surface area contributed by atoms with Crippen LogP contribution >= 0.6 is 0 Å². The second kappa shape index (κ2) is 16.1. The first kappa shape index (κ1) is 37.8. The van der Waals surface area contributed by atoms with Crippen LogP contribution in [0.15, 0.2) is 237 Å². The van der Waals surface area contributed by atoms with Crippen molar-refractivity contribution >= 4 is 21.8 Å². The lowest BCUT2D eigenvalue weighted by Gasteiger charge is -2.17. The van der Waals surface area contributed by atoms with E-state index in [1.807, 2.05) is 72.8 Å². The lowest BCUT2D eigenvalue weighted by molar-refractivity contribution is 1.07. The molecule has 3 heterocycles.